The Morgan fingerprint density at radius 3 is 2.26 bits per heavy atom. The highest BCUT2D eigenvalue weighted by Gasteiger charge is 2.23. The zero-order valence-corrected chi connectivity index (χ0v) is 11.7. The fourth-order valence-electron chi connectivity index (χ4n) is 1.42. The van der Waals surface area contributed by atoms with Crippen LogP contribution in [0.3, 0.4) is 0 Å². The molecule has 0 heterocycles. The highest BCUT2D eigenvalue weighted by molar-refractivity contribution is 5.79. The van der Waals surface area contributed by atoms with Gasteiger partial charge in [-0.2, -0.15) is 0 Å². The molecule has 0 aromatic heterocycles. The van der Waals surface area contributed by atoms with Gasteiger partial charge in [-0.3, -0.25) is 9.59 Å². The fraction of sp³-hybridized carbons (Fsp3) is 0.750. The molecule has 4 N–H and O–H groups in total. The highest BCUT2D eigenvalue weighted by Crippen LogP contribution is 2.07. The Hall–Kier alpha value is -1.79. The summed E-state index contributed by atoms with van der Waals surface area (Å²) in [6.07, 6.45) is 0.896. The number of carboxylic acid groups (broad SMARTS) is 1. The molecule has 7 nitrogen and oxygen atoms in total. The Labute approximate surface area is 113 Å². The van der Waals surface area contributed by atoms with Gasteiger partial charge >= 0.3 is 12.0 Å². The molecule has 0 bridgehead atoms. The van der Waals surface area contributed by atoms with Crippen LogP contribution in [0.15, 0.2) is 0 Å². The average Bonchev–Trinajstić information content (AvgIpc) is 2.23. The van der Waals surface area contributed by atoms with Crippen molar-refractivity contribution in [3.63, 3.8) is 0 Å². The Morgan fingerprint density at radius 1 is 1.11 bits per heavy atom. The van der Waals surface area contributed by atoms with Gasteiger partial charge in [0.1, 0.15) is 0 Å². The van der Waals surface area contributed by atoms with Crippen molar-refractivity contribution in [2.45, 2.75) is 45.6 Å². The number of carbonyl (C=O) groups is 3. The number of amides is 3. The first-order chi connectivity index (χ1) is 8.76. The SMILES string of the molecule is CCCNC(=O)CCNC(=O)NC(C)(C)CC(=O)O. The molecule has 0 unspecified atom stereocenters. The number of rotatable bonds is 8. The van der Waals surface area contributed by atoms with Crippen LogP contribution < -0.4 is 16.0 Å². The van der Waals surface area contributed by atoms with E-state index in [4.69, 9.17) is 5.11 Å². The summed E-state index contributed by atoms with van der Waals surface area (Å²) < 4.78 is 0. The van der Waals surface area contributed by atoms with E-state index < -0.39 is 17.5 Å². The number of hydrogen-bond donors (Lipinski definition) is 4. The third kappa shape index (κ3) is 9.87. The summed E-state index contributed by atoms with van der Waals surface area (Å²) in [5.74, 6) is -1.10. The third-order valence-electron chi connectivity index (χ3n) is 2.25. The van der Waals surface area contributed by atoms with Crippen LogP contribution in [0.5, 0.6) is 0 Å². The van der Waals surface area contributed by atoms with Gasteiger partial charge in [0, 0.05) is 25.0 Å². The predicted octanol–water partition coefficient (Wildman–Crippen LogP) is 0.455. The Bertz CT molecular complexity index is 329. The second kappa shape index (κ2) is 8.34. The smallest absolute Gasteiger partial charge is 0.315 e. The van der Waals surface area contributed by atoms with E-state index in [0.29, 0.717) is 6.54 Å². The highest BCUT2D eigenvalue weighted by atomic mass is 16.4. The number of aliphatic carboxylic acids is 1. The van der Waals surface area contributed by atoms with Crippen molar-refractivity contribution in [3.8, 4) is 0 Å². The van der Waals surface area contributed by atoms with Crippen molar-refractivity contribution in [1.82, 2.24) is 16.0 Å². The minimum atomic E-state index is -0.982. The zero-order chi connectivity index (χ0) is 14.9. The van der Waals surface area contributed by atoms with Crippen molar-refractivity contribution < 1.29 is 19.5 Å². The van der Waals surface area contributed by atoms with Gasteiger partial charge in [-0.1, -0.05) is 6.92 Å². The minimum absolute atomic E-state index is 0.119. The van der Waals surface area contributed by atoms with Gasteiger partial charge in [0.15, 0.2) is 0 Å². The Kier molecular flexibility index (Phi) is 7.55. The topological polar surface area (TPSA) is 108 Å². The fourth-order valence-corrected chi connectivity index (χ4v) is 1.42. The van der Waals surface area contributed by atoms with Crippen LogP contribution in [0.1, 0.15) is 40.0 Å². The lowest BCUT2D eigenvalue weighted by Gasteiger charge is -2.24. The van der Waals surface area contributed by atoms with Gasteiger partial charge in [0.25, 0.3) is 0 Å². The molecular formula is C12H23N3O4. The Balaban J connectivity index is 3.87. The van der Waals surface area contributed by atoms with Crippen molar-refractivity contribution in [3.05, 3.63) is 0 Å². The van der Waals surface area contributed by atoms with E-state index in [0.717, 1.165) is 6.42 Å². The lowest BCUT2D eigenvalue weighted by Crippen LogP contribution is -2.49. The van der Waals surface area contributed by atoms with E-state index in [1.807, 2.05) is 6.92 Å². The zero-order valence-electron chi connectivity index (χ0n) is 11.7. The van der Waals surface area contributed by atoms with Crippen molar-refractivity contribution in [2.75, 3.05) is 13.1 Å². The molecule has 0 aliphatic heterocycles. The molecule has 0 spiro atoms. The normalized spacial score (nSPS) is 10.7. The molecule has 19 heavy (non-hydrogen) atoms. The van der Waals surface area contributed by atoms with E-state index >= 15 is 0 Å². The van der Waals surface area contributed by atoms with Gasteiger partial charge in [0.2, 0.25) is 5.91 Å². The van der Waals surface area contributed by atoms with E-state index in [1.54, 1.807) is 13.8 Å². The number of urea groups is 1. The summed E-state index contributed by atoms with van der Waals surface area (Å²) in [5.41, 5.74) is -0.833. The van der Waals surface area contributed by atoms with Gasteiger partial charge in [-0.15, -0.1) is 0 Å². The number of carbonyl (C=O) groups excluding carboxylic acids is 2. The van der Waals surface area contributed by atoms with Crippen LogP contribution in [-0.4, -0.2) is 41.6 Å². The predicted molar refractivity (Wildman–Crippen MR) is 70.8 cm³/mol. The molecule has 0 saturated heterocycles. The molecule has 7 heteroatoms. The van der Waals surface area contributed by atoms with Gasteiger partial charge in [-0.05, 0) is 20.3 Å². The van der Waals surface area contributed by atoms with E-state index in [9.17, 15) is 14.4 Å². The monoisotopic (exact) mass is 273 g/mol. The number of carboxylic acids is 1. The molecule has 3 amide bonds. The molecule has 0 aliphatic rings. The second-order valence-electron chi connectivity index (χ2n) is 4.94. The summed E-state index contributed by atoms with van der Waals surface area (Å²) >= 11 is 0. The Morgan fingerprint density at radius 2 is 1.74 bits per heavy atom. The number of nitrogens with one attached hydrogen (secondary N) is 3. The third-order valence-corrected chi connectivity index (χ3v) is 2.25. The van der Waals surface area contributed by atoms with Crippen LogP contribution in [0.4, 0.5) is 4.79 Å². The van der Waals surface area contributed by atoms with Crippen molar-refractivity contribution in [1.29, 1.82) is 0 Å². The molecule has 0 aromatic rings. The van der Waals surface area contributed by atoms with Crippen LogP contribution in [0.2, 0.25) is 0 Å². The second-order valence-corrected chi connectivity index (χ2v) is 4.94. The maximum atomic E-state index is 11.5. The first kappa shape index (κ1) is 17.2. The molecule has 0 saturated carbocycles. The molecule has 0 aliphatic carbocycles. The lowest BCUT2D eigenvalue weighted by atomic mass is 10.0. The van der Waals surface area contributed by atoms with Crippen molar-refractivity contribution in [2.24, 2.45) is 0 Å². The van der Waals surface area contributed by atoms with Crippen LogP contribution in [-0.2, 0) is 9.59 Å². The molecule has 0 radical (unpaired) electrons. The first-order valence-corrected chi connectivity index (χ1v) is 6.31. The average molecular weight is 273 g/mol. The summed E-state index contributed by atoms with van der Waals surface area (Å²) in [6.45, 7) is 6.03. The van der Waals surface area contributed by atoms with Crippen LogP contribution in [0, 0.1) is 0 Å². The molecule has 0 rings (SSSR count). The van der Waals surface area contributed by atoms with Gasteiger partial charge in [-0.25, -0.2) is 4.79 Å². The van der Waals surface area contributed by atoms with Gasteiger partial charge < -0.3 is 21.1 Å². The van der Waals surface area contributed by atoms with Crippen molar-refractivity contribution >= 4 is 17.9 Å². The quantitative estimate of drug-likeness (QED) is 0.515. The minimum Gasteiger partial charge on any atom is -0.481 e. The van der Waals surface area contributed by atoms with Crippen LogP contribution >= 0.6 is 0 Å². The van der Waals surface area contributed by atoms with E-state index in [-0.39, 0.29) is 25.3 Å². The molecule has 0 atom stereocenters. The summed E-state index contributed by atoms with van der Waals surface area (Å²) in [5, 5.41) is 16.4. The first-order valence-electron chi connectivity index (χ1n) is 6.31. The molecule has 110 valence electrons. The van der Waals surface area contributed by atoms with E-state index in [1.165, 1.54) is 0 Å². The van der Waals surface area contributed by atoms with E-state index in [2.05, 4.69) is 16.0 Å². The van der Waals surface area contributed by atoms with Crippen LogP contribution in [0.25, 0.3) is 0 Å². The lowest BCUT2D eigenvalue weighted by molar-refractivity contribution is -0.138. The maximum Gasteiger partial charge on any atom is 0.315 e. The summed E-state index contributed by atoms with van der Waals surface area (Å²) in [6, 6.07) is -0.477. The maximum absolute atomic E-state index is 11.5. The summed E-state index contributed by atoms with van der Waals surface area (Å²) in [4.78, 5) is 33.3. The number of hydrogen-bond acceptors (Lipinski definition) is 3. The molecule has 0 fully saturated rings. The molecular weight excluding hydrogens is 250 g/mol. The molecule has 0 aromatic carbocycles. The summed E-state index contributed by atoms with van der Waals surface area (Å²) in [7, 11) is 0. The largest absolute Gasteiger partial charge is 0.481 e. The van der Waals surface area contributed by atoms with Gasteiger partial charge in [0.05, 0.1) is 6.42 Å². The standard InChI is InChI=1S/C12H23N3O4/c1-4-6-13-9(16)5-7-14-11(19)15-12(2,3)8-10(17)18/h4-8H2,1-3H3,(H,13,16)(H,17,18)(H2,14,15,19).